The lowest BCUT2D eigenvalue weighted by molar-refractivity contribution is -0.402. The Morgan fingerprint density at radius 1 is 1.30 bits per heavy atom. The number of carbonyl (C=O) groups is 1. The summed E-state index contributed by atoms with van der Waals surface area (Å²) in [5, 5.41) is 13.1. The highest BCUT2D eigenvalue weighted by Gasteiger charge is 2.19. The van der Waals surface area contributed by atoms with Crippen LogP contribution in [0.15, 0.2) is 40.8 Å². The molecule has 0 saturated heterocycles. The summed E-state index contributed by atoms with van der Waals surface area (Å²) in [6, 6.07) is 7.62. The molecule has 2 rings (SSSR count). The number of nitro groups is 1. The molecular weight excluding hydrogens is 267 g/mol. The summed E-state index contributed by atoms with van der Waals surface area (Å²) in [6.07, 6.45) is 0. The van der Waals surface area contributed by atoms with E-state index in [1.807, 2.05) is 0 Å². The Balaban J connectivity index is 2.06. The van der Waals surface area contributed by atoms with Gasteiger partial charge in [0.2, 0.25) is 0 Å². The minimum atomic E-state index is -0.722. The van der Waals surface area contributed by atoms with Gasteiger partial charge in [0.05, 0.1) is 12.1 Å². The summed E-state index contributed by atoms with van der Waals surface area (Å²) in [5.41, 5.74) is 0.709. The molecule has 0 spiro atoms. The van der Waals surface area contributed by atoms with Crippen molar-refractivity contribution < 1.29 is 18.5 Å². The third kappa shape index (κ3) is 3.00. The lowest BCUT2D eigenvalue weighted by Crippen LogP contribution is -2.26. The van der Waals surface area contributed by atoms with Gasteiger partial charge in [0.1, 0.15) is 10.7 Å². The lowest BCUT2D eigenvalue weighted by Gasteiger charge is -2.13. The molecule has 0 saturated carbocycles. The molecule has 6 nitrogen and oxygen atoms in total. The van der Waals surface area contributed by atoms with Crippen molar-refractivity contribution in [2.24, 2.45) is 0 Å². The number of hydrogen-bond acceptors (Lipinski definition) is 4. The number of halogens is 1. The van der Waals surface area contributed by atoms with E-state index in [1.54, 1.807) is 19.1 Å². The molecule has 20 heavy (non-hydrogen) atoms. The average molecular weight is 278 g/mol. The molecule has 1 atom stereocenters. The number of nitrogens with zero attached hydrogens (tertiary/aromatic N) is 1. The van der Waals surface area contributed by atoms with Crippen molar-refractivity contribution in [2.75, 3.05) is 0 Å². The van der Waals surface area contributed by atoms with Crippen LogP contribution in [-0.4, -0.2) is 10.8 Å². The fraction of sp³-hybridized carbons (Fsp3) is 0.154. The standard InChI is InChI=1S/C13H11FN2O4/c1-8(9-2-4-10(14)5-3-9)15-13(17)11-6-7-12(20-11)16(18)19/h2-8H,1H3,(H,15,17). The molecule has 1 amide bonds. The van der Waals surface area contributed by atoms with E-state index in [-0.39, 0.29) is 17.6 Å². The van der Waals surface area contributed by atoms with Crippen molar-refractivity contribution in [3.63, 3.8) is 0 Å². The Labute approximate surface area is 113 Å². The second-order valence-corrected chi connectivity index (χ2v) is 4.14. The van der Waals surface area contributed by atoms with Crippen molar-refractivity contribution >= 4 is 11.8 Å². The summed E-state index contributed by atoms with van der Waals surface area (Å²) in [7, 11) is 0. The second-order valence-electron chi connectivity index (χ2n) is 4.14. The highest BCUT2D eigenvalue weighted by Crippen LogP contribution is 2.18. The van der Waals surface area contributed by atoms with Crippen LogP contribution in [0.1, 0.15) is 29.1 Å². The molecule has 0 aliphatic carbocycles. The van der Waals surface area contributed by atoms with E-state index in [1.165, 1.54) is 18.2 Å². The molecule has 1 unspecified atom stereocenters. The van der Waals surface area contributed by atoms with E-state index >= 15 is 0 Å². The van der Waals surface area contributed by atoms with Crippen LogP contribution < -0.4 is 5.32 Å². The van der Waals surface area contributed by atoms with Crippen molar-refractivity contribution in [1.29, 1.82) is 0 Å². The normalized spacial score (nSPS) is 11.9. The van der Waals surface area contributed by atoms with E-state index in [0.29, 0.717) is 5.56 Å². The van der Waals surface area contributed by atoms with Crippen LogP contribution in [-0.2, 0) is 0 Å². The SMILES string of the molecule is CC(NC(=O)c1ccc([N+](=O)[O-])o1)c1ccc(F)cc1. The minimum absolute atomic E-state index is 0.148. The third-order valence-electron chi connectivity index (χ3n) is 2.71. The van der Waals surface area contributed by atoms with Gasteiger partial charge in [0, 0.05) is 0 Å². The van der Waals surface area contributed by atoms with E-state index in [4.69, 9.17) is 4.42 Å². The molecule has 1 N–H and O–H groups in total. The Bertz CT molecular complexity index is 636. The fourth-order valence-electron chi connectivity index (χ4n) is 1.65. The molecule has 1 heterocycles. The van der Waals surface area contributed by atoms with Gasteiger partial charge in [-0.2, -0.15) is 0 Å². The Hall–Kier alpha value is -2.70. The Morgan fingerprint density at radius 3 is 2.50 bits per heavy atom. The van der Waals surface area contributed by atoms with Crippen molar-refractivity contribution in [3.05, 3.63) is 63.7 Å². The monoisotopic (exact) mass is 278 g/mol. The maximum atomic E-state index is 12.8. The number of furan rings is 1. The van der Waals surface area contributed by atoms with Crippen molar-refractivity contribution in [1.82, 2.24) is 5.32 Å². The Kier molecular flexibility index (Phi) is 3.79. The highest BCUT2D eigenvalue weighted by atomic mass is 19.1. The largest absolute Gasteiger partial charge is 0.433 e. The van der Waals surface area contributed by atoms with Crippen molar-refractivity contribution in [3.8, 4) is 0 Å². The first kappa shape index (κ1) is 13.7. The van der Waals surface area contributed by atoms with E-state index in [2.05, 4.69) is 5.32 Å². The molecule has 104 valence electrons. The smallest absolute Gasteiger partial charge is 0.395 e. The maximum absolute atomic E-state index is 12.8. The molecule has 1 aromatic carbocycles. The number of hydrogen-bond donors (Lipinski definition) is 1. The van der Waals surface area contributed by atoms with Gasteiger partial charge >= 0.3 is 5.88 Å². The van der Waals surface area contributed by atoms with Gasteiger partial charge in [-0.25, -0.2) is 4.39 Å². The van der Waals surface area contributed by atoms with Crippen LogP contribution in [0.2, 0.25) is 0 Å². The van der Waals surface area contributed by atoms with Gasteiger partial charge in [0.25, 0.3) is 5.91 Å². The molecule has 0 bridgehead atoms. The molecule has 2 aromatic rings. The molecule has 0 aliphatic heterocycles. The predicted octanol–water partition coefficient (Wildman–Crippen LogP) is 2.82. The first-order chi connectivity index (χ1) is 9.47. The zero-order valence-electron chi connectivity index (χ0n) is 10.5. The zero-order valence-corrected chi connectivity index (χ0v) is 10.5. The van der Waals surface area contributed by atoms with Gasteiger partial charge in [-0.15, -0.1) is 0 Å². The number of rotatable bonds is 4. The van der Waals surface area contributed by atoms with Crippen molar-refractivity contribution in [2.45, 2.75) is 13.0 Å². The first-order valence-corrected chi connectivity index (χ1v) is 5.78. The van der Waals surface area contributed by atoms with Gasteiger partial charge in [-0.05, 0) is 30.7 Å². The van der Waals surface area contributed by atoms with Crippen LogP contribution in [0, 0.1) is 15.9 Å². The van der Waals surface area contributed by atoms with Gasteiger partial charge in [-0.1, -0.05) is 12.1 Å². The van der Waals surface area contributed by atoms with Crippen LogP contribution in [0.4, 0.5) is 10.3 Å². The molecule has 7 heteroatoms. The quantitative estimate of drug-likeness (QED) is 0.688. The summed E-state index contributed by atoms with van der Waals surface area (Å²) in [5.74, 6) is -1.58. The highest BCUT2D eigenvalue weighted by molar-refractivity contribution is 5.91. The predicted molar refractivity (Wildman–Crippen MR) is 67.6 cm³/mol. The van der Waals surface area contributed by atoms with E-state index in [0.717, 1.165) is 6.07 Å². The summed E-state index contributed by atoms with van der Waals surface area (Å²) < 4.78 is 17.6. The molecular formula is C13H11FN2O4. The number of nitrogens with one attached hydrogen (secondary N) is 1. The van der Waals surface area contributed by atoms with E-state index in [9.17, 15) is 19.3 Å². The average Bonchev–Trinajstić information content (AvgIpc) is 2.89. The Morgan fingerprint density at radius 2 is 1.95 bits per heavy atom. The number of benzene rings is 1. The molecule has 0 aliphatic rings. The van der Waals surface area contributed by atoms with Gasteiger partial charge in [0.15, 0.2) is 5.76 Å². The topological polar surface area (TPSA) is 85.4 Å². The minimum Gasteiger partial charge on any atom is -0.395 e. The molecule has 0 radical (unpaired) electrons. The van der Waals surface area contributed by atoms with Crippen LogP contribution >= 0.6 is 0 Å². The number of amides is 1. The lowest BCUT2D eigenvalue weighted by atomic mass is 10.1. The fourth-order valence-corrected chi connectivity index (χ4v) is 1.65. The second kappa shape index (κ2) is 5.52. The van der Waals surface area contributed by atoms with Crippen LogP contribution in [0.3, 0.4) is 0 Å². The first-order valence-electron chi connectivity index (χ1n) is 5.78. The van der Waals surface area contributed by atoms with Crippen LogP contribution in [0.5, 0.6) is 0 Å². The molecule has 1 aromatic heterocycles. The van der Waals surface area contributed by atoms with Crippen LogP contribution in [0.25, 0.3) is 0 Å². The summed E-state index contributed by atoms with van der Waals surface area (Å²) in [6.45, 7) is 1.71. The van der Waals surface area contributed by atoms with E-state index < -0.39 is 16.7 Å². The summed E-state index contributed by atoms with van der Waals surface area (Å²) >= 11 is 0. The summed E-state index contributed by atoms with van der Waals surface area (Å²) in [4.78, 5) is 21.6. The molecule has 0 fully saturated rings. The third-order valence-corrected chi connectivity index (χ3v) is 2.71. The maximum Gasteiger partial charge on any atom is 0.433 e. The van der Waals surface area contributed by atoms with Gasteiger partial charge in [-0.3, -0.25) is 14.9 Å². The number of carbonyl (C=O) groups excluding carboxylic acids is 1. The zero-order chi connectivity index (χ0) is 14.7. The van der Waals surface area contributed by atoms with Gasteiger partial charge < -0.3 is 9.73 Å².